The molecule has 0 aliphatic carbocycles. The lowest BCUT2D eigenvalue weighted by Crippen LogP contribution is -2.29. The topological polar surface area (TPSA) is 79.0 Å². The van der Waals surface area contributed by atoms with Gasteiger partial charge in [-0.15, -0.1) is 0 Å². The first kappa shape index (κ1) is 21.7. The number of hydrogen-bond donors (Lipinski definition) is 0. The molecule has 1 atom stereocenters. The normalized spacial score (nSPS) is 17.1. The molecule has 1 fully saturated rings. The lowest BCUT2D eigenvalue weighted by atomic mass is 10.1. The molecule has 0 saturated carbocycles. The molecule has 162 valence electrons. The lowest BCUT2D eigenvalue weighted by molar-refractivity contribution is -0.384. The van der Waals surface area contributed by atoms with E-state index in [1.165, 1.54) is 17.1 Å². The molecule has 0 bridgehead atoms. The third-order valence-electron chi connectivity index (χ3n) is 5.32. The monoisotopic (exact) mass is 448 g/mol. The Morgan fingerprint density at radius 1 is 1.06 bits per heavy atom. The number of benzene rings is 3. The summed E-state index contributed by atoms with van der Waals surface area (Å²) in [4.78, 5) is 25.7. The summed E-state index contributed by atoms with van der Waals surface area (Å²) < 4.78 is 0. The zero-order chi connectivity index (χ0) is 22.7. The number of amides is 1. The third kappa shape index (κ3) is 4.69. The van der Waals surface area contributed by atoms with Crippen LogP contribution in [0, 0.1) is 10.1 Å². The van der Waals surface area contributed by atoms with Crippen molar-refractivity contribution >= 4 is 28.9 Å². The Hall–Kier alpha value is -3.55. The maximum absolute atomic E-state index is 13.0. The van der Waals surface area contributed by atoms with Crippen LogP contribution in [0.1, 0.15) is 29.8 Å². The number of rotatable bonds is 6. The maximum atomic E-state index is 13.0. The van der Waals surface area contributed by atoms with E-state index in [4.69, 9.17) is 11.6 Å². The lowest BCUT2D eigenvalue weighted by Gasteiger charge is -2.28. The number of hydrazone groups is 1. The summed E-state index contributed by atoms with van der Waals surface area (Å²) in [5, 5.41) is 17.8. The fraction of sp³-hybridized carbons (Fsp3) is 0.167. The summed E-state index contributed by atoms with van der Waals surface area (Å²) in [6.07, 6.45) is -0.481. The van der Waals surface area contributed by atoms with E-state index >= 15 is 0 Å². The van der Waals surface area contributed by atoms with Gasteiger partial charge in [0.1, 0.15) is 6.17 Å². The highest BCUT2D eigenvalue weighted by Crippen LogP contribution is 2.33. The van der Waals surface area contributed by atoms with Gasteiger partial charge in [0.2, 0.25) is 0 Å². The van der Waals surface area contributed by atoms with E-state index in [2.05, 4.69) is 5.10 Å². The molecule has 0 radical (unpaired) electrons. The fourth-order valence-corrected chi connectivity index (χ4v) is 3.85. The molecule has 3 aromatic rings. The number of halogens is 1. The molecule has 1 heterocycles. The van der Waals surface area contributed by atoms with Crippen molar-refractivity contribution in [2.45, 2.75) is 19.6 Å². The Balaban J connectivity index is 1.71. The number of nitro benzene ring substituents is 1. The van der Waals surface area contributed by atoms with Gasteiger partial charge in [-0.1, -0.05) is 54.1 Å². The van der Waals surface area contributed by atoms with Gasteiger partial charge >= 0.3 is 0 Å². The fourth-order valence-electron chi connectivity index (χ4n) is 3.73. The van der Waals surface area contributed by atoms with E-state index in [-0.39, 0.29) is 18.1 Å². The van der Waals surface area contributed by atoms with Crippen molar-refractivity contribution in [3.63, 3.8) is 0 Å². The molecular weight excluding hydrogens is 428 g/mol. The van der Waals surface area contributed by atoms with Crippen LogP contribution in [0.3, 0.4) is 0 Å². The third-order valence-corrected chi connectivity index (χ3v) is 5.57. The summed E-state index contributed by atoms with van der Waals surface area (Å²) in [6.45, 7) is 2.57. The molecule has 8 heteroatoms. The van der Waals surface area contributed by atoms with Gasteiger partial charge in [0, 0.05) is 23.7 Å². The molecule has 1 amide bonds. The molecule has 0 N–H and O–H groups in total. The second-order valence-corrected chi connectivity index (χ2v) is 7.98. The molecule has 0 unspecified atom stereocenters. The van der Waals surface area contributed by atoms with Crippen LogP contribution in [-0.2, 0) is 11.3 Å². The SMILES string of the molecule is C/C(=N/N1C(=O)CN(Cc2ccccc2)[C@H]1c1ccc([N+](=O)[O-])cc1)c1ccc(Cl)cc1. The number of nitro groups is 1. The zero-order valence-corrected chi connectivity index (χ0v) is 18.1. The molecule has 32 heavy (non-hydrogen) atoms. The number of non-ortho nitro benzene ring substituents is 1. The van der Waals surface area contributed by atoms with Gasteiger partial charge in [0.15, 0.2) is 0 Å². The Morgan fingerprint density at radius 2 is 1.72 bits per heavy atom. The maximum Gasteiger partial charge on any atom is 0.269 e. The highest BCUT2D eigenvalue weighted by atomic mass is 35.5. The second-order valence-electron chi connectivity index (χ2n) is 7.54. The highest BCUT2D eigenvalue weighted by Gasteiger charge is 2.39. The predicted molar refractivity (Wildman–Crippen MR) is 123 cm³/mol. The van der Waals surface area contributed by atoms with Crippen LogP contribution in [0.2, 0.25) is 5.02 Å². The summed E-state index contributed by atoms with van der Waals surface area (Å²) >= 11 is 5.99. The Bertz CT molecular complexity index is 1150. The number of carbonyl (C=O) groups is 1. The van der Waals surface area contributed by atoms with E-state index in [1.807, 2.05) is 54.3 Å². The van der Waals surface area contributed by atoms with Crippen LogP contribution >= 0.6 is 11.6 Å². The average molecular weight is 449 g/mol. The predicted octanol–water partition coefficient (Wildman–Crippen LogP) is 5.02. The van der Waals surface area contributed by atoms with Crippen LogP contribution in [0.15, 0.2) is 84.0 Å². The van der Waals surface area contributed by atoms with Crippen molar-refractivity contribution in [1.29, 1.82) is 0 Å². The first-order chi connectivity index (χ1) is 15.4. The van der Waals surface area contributed by atoms with E-state index in [9.17, 15) is 14.9 Å². The number of carbonyl (C=O) groups excluding carboxylic acids is 1. The molecule has 0 aromatic heterocycles. The largest absolute Gasteiger partial charge is 0.271 e. The highest BCUT2D eigenvalue weighted by molar-refractivity contribution is 6.30. The zero-order valence-electron chi connectivity index (χ0n) is 17.4. The summed E-state index contributed by atoms with van der Waals surface area (Å²) in [5.41, 5.74) is 3.34. The molecular formula is C24H21ClN4O3. The van der Waals surface area contributed by atoms with Crippen LogP contribution in [0.25, 0.3) is 0 Å². The average Bonchev–Trinajstić information content (AvgIpc) is 3.09. The second kappa shape index (κ2) is 9.30. The van der Waals surface area contributed by atoms with E-state index < -0.39 is 11.1 Å². The van der Waals surface area contributed by atoms with Gasteiger partial charge in [-0.3, -0.25) is 19.8 Å². The molecule has 1 saturated heterocycles. The Morgan fingerprint density at radius 3 is 2.34 bits per heavy atom. The minimum Gasteiger partial charge on any atom is -0.271 e. The molecule has 3 aromatic carbocycles. The molecule has 4 rings (SSSR count). The molecule has 1 aliphatic rings. The summed E-state index contributed by atoms with van der Waals surface area (Å²) in [6, 6.07) is 23.4. The molecule has 0 spiro atoms. The van der Waals surface area contributed by atoms with Gasteiger partial charge in [-0.05, 0) is 47.9 Å². The summed E-state index contributed by atoms with van der Waals surface area (Å²) in [7, 11) is 0. The van der Waals surface area contributed by atoms with E-state index in [0.717, 1.165) is 16.7 Å². The summed E-state index contributed by atoms with van der Waals surface area (Å²) in [5.74, 6) is -0.141. The number of hydrogen-bond acceptors (Lipinski definition) is 5. The van der Waals surface area contributed by atoms with Crippen molar-refractivity contribution in [2.75, 3.05) is 6.54 Å². The van der Waals surface area contributed by atoms with Gasteiger partial charge in [0.25, 0.3) is 11.6 Å². The van der Waals surface area contributed by atoms with Crippen LogP contribution in [0.5, 0.6) is 0 Å². The van der Waals surface area contributed by atoms with E-state index in [1.54, 1.807) is 24.3 Å². The van der Waals surface area contributed by atoms with Crippen molar-refractivity contribution in [3.8, 4) is 0 Å². The quantitative estimate of drug-likeness (QED) is 0.301. The Kier molecular flexibility index (Phi) is 6.30. The smallest absolute Gasteiger partial charge is 0.269 e. The van der Waals surface area contributed by atoms with Gasteiger partial charge in [-0.2, -0.15) is 5.10 Å². The molecule has 1 aliphatic heterocycles. The molecule has 7 nitrogen and oxygen atoms in total. The minimum absolute atomic E-state index is 0.0000731. The van der Waals surface area contributed by atoms with Crippen molar-refractivity contribution in [2.24, 2.45) is 5.10 Å². The van der Waals surface area contributed by atoms with Gasteiger partial charge in [0.05, 0.1) is 17.2 Å². The first-order valence-corrected chi connectivity index (χ1v) is 10.5. The van der Waals surface area contributed by atoms with Crippen molar-refractivity contribution in [1.82, 2.24) is 9.91 Å². The minimum atomic E-state index is -0.481. The van der Waals surface area contributed by atoms with E-state index in [0.29, 0.717) is 17.3 Å². The van der Waals surface area contributed by atoms with Crippen LogP contribution < -0.4 is 0 Å². The van der Waals surface area contributed by atoms with Crippen LogP contribution in [-0.4, -0.2) is 33.0 Å². The van der Waals surface area contributed by atoms with Crippen LogP contribution in [0.4, 0.5) is 5.69 Å². The Labute approximate surface area is 190 Å². The van der Waals surface area contributed by atoms with Crippen molar-refractivity contribution in [3.05, 3.63) is 111 Å². The van der Waals surface area contributed by atoms with Gasteiger partial charge in [-0.25, -0.2) is 5.01 Å². The standard InChI is InChI=1S/C24H21ClN4O3/c1-17(19-7-11-21(25)12-8-19)26-28-23(30)16-27(15-18-5-3-2-4-6-18)24(28)20-9-13-22(14-10-20)29(31)32/h2-14,24H,15-16H2,1H3/b26-17-/t24-/m1/s1. The van der Waals surface area contributed by atoms with Crippen molar-refractivity contribution < 1.29 is 9.72 Å². The van der Waals surface area contributed by atoms with Gasteiger partial charge < -0.3 is 0 Å². The number of nitrogens with zero attached hydrogens (tertiary/aromatic N) is 4. The first-order valence-electron chi connectivity index (χ1n) is 10.1.